The molecule has 26 heavy (non-hydrogen) atoms. The maximum absolute atomic E-state index is 6.87. The van der Waals surface area contributed by atoms with Crippen molar-refractivity contribution in [1.82, 2.24) is 0 Å². The van der Waals surface area contributed by atoms with Crippen molar-refractivity contribution < 1.29 is 4.43 Å². The van der Waals surface area contributed by atoms with Crippen LogP contribution in [0.2, 0.25) is 18.1 Å². The number of anilines is 1. The van der Waals surface area contributed by atoms with Gasteiger partial charge in [-0.3, -0.25) is 0 Å². The van der Waals surface area contributed by atoms with E-state index in [9.17, 15) is 0 Å². The lowest BCUT2D eigenvalue weighted by atomic mass is 9.87. The predicted octanol–water partition coefficient (Wildman–Crippen LogP) is 6.20. The molecule has 1 saturated heterocycles. The summed E-state index contributed by atoms with van der Waals surface area (Å²) in [5.41, 5.74) is 2.67. The summed E-state index contributed by atoms with van der Waals surface area (Å²) >= 11 is 0. The minimum absolute atomic E-state index is 0.0413. The first-order chi connectivity index (χ1) is 12.7. The zero-order valence-corrected chi connectivity index (χ0v) is 17.6. The van der Waals surface area contributed by atoms with Crippen molar-refractivity contribution in [1.29, 1.82) is 0 Å². The van der Waals surface area contributed by atoms with Gasteiger partial charge in [0.1, 0.15) is 0 Å². The van der Waals surface area contributed by atoms with Crippen molar-refractivity contribution in [2.45, 2.75) is 57.3 Å². The standard InChI is InChI=1S/C23H33NOSi/c1-4-26(5-2,6-3)25-20-23(21-14-9-7-10-15-21)18-13-19-24(23)22-16-11-8-12-17-22/h7-12,14-17H,4-6,13,18-20H2,1-3H3/t23-/m1/s1. The number of hydrogen-bond donors (Lipinski definition) is 0. The van der Waals surface area contributed by atoms with E-state index in [0.717, 1.165) is 19.6 Å². The molecule has 3 rings (SSSR count). The number of nitrogens with zero attached hydrogens (tertiary/aromatic N) is 1. The van der Waals surface area contributed by atoms with E-state index >= 15 is 0 Å². The van der Waals surface area contributed by atoms with Crippen molar-refractivity contribution in [2.24, 2.45) is 0 Å². The molecule has 0 saturated carbocycles. The molecule has 0 amide bonds. The van der Waals surface area contributed by atoms with E-state index in [2.05, 4.69) is 86.3 Å². The molecule has 0 aromatic heterocycles. The van der Waals surface area contributed by atoms with Crippen LogP contribution in [-0.4, -0.2) is 21.5 Å². The molecule has 1 aliphatic heterocycles. The van der Waals surface area contributed by atoms with E-state index in [1.807, 2.05) is 0 Å². The number of rotatable bonds is 8. The largest absolute Gasteiger partial charge is 0.414 e. The van der Waals surface area contributed by atoms with E-state index in [0.29, 0.717) is 0 Å². The average molecular weight is 368 g/mol. The van der Waals surface area contributed by atoms with E-state index in [1.54, 1.807) is 0 Å². The Hall–Kier alpha value is -1.58. The normalized spacial score (nSPS) is 20.5. The highest BCUT2D eigenvalue weighted by molar-refractivity contribution is 6.73. The Labute approximate surface area is 160 Å². The lowest BCUT2D eigenvalue weighted by Gasteiger charge is -2.43. The summed E-state index contributed by atoms with van der Waals surface area (Å²) in [6.07, 6.45) is 2.37. The SMILES string of the molecule is CC[Si](CC)(CC)OC[C@@]1(c2ccccc2)CCCN1c1ccccc1. The van der Waals surface area contributed by atoms with Crippen molar-refractivity contribution >= 4 is 14.0 Å². The van der Waals surface area contributed by atoms with Gasteiger partial charge in [0.05, 0.1) is 12.1 Å². The van der Waals surface area contributed by atoms with Crippen LogP contribution in [0.5, 0.6) is 0 Å². The van der Waals surface area contributed by atoms with Gasteiger partial charge in [0.15, 0.2) is 8.32 Å². The first-order valence-electron chi connectivity index (χ1n) is 10.2. The first kappa shape index (κ1) is 19.2. The van der Waals surface area contributed by atoms with Gasteiger partial charge in [0, 0.05) is 12.2 Å². The summed E-state index contributed by atoms with van der Waals surface area (Å²) in [7, 11) is -1.62. The van der Waals surface area contributed by atoms with Gasteiger partial charge in [-0.2, -0.15) is 0 Å². The molecule has 0 bridgehead atoms. The van der Waals surface area contributed by atoms with Crippen LogP contribution in [0.3, 0.4) is 0 Å². The Kier molecular flexibility index (Phi) is 6.20. The van der Waals surface area contributed by atoms with Gasteiger partial charge in [-0.15, -0.1) is 0 Å². The monoisotopic (exact) mass is 367 g/mol. The topological polar surface area (TPSA) is 12.5 Å². The molecule has 1 atom stereocenters. The Bertz CT molecular complexity index is 663. The van der Waals surface area contributed by atoms with Crippen LogP contribution in [-0.2, 0) is 9.96 Å². The van der Waals surface area contributed by atoms with Crippen molar-refractivity contribution in [3.05, 3.63) is 66.2 Å². The summed E-state index contributed by atoms with van der Waals surface area (Å²) in [6.45, 7) is 8.86. The third-order valence-corrected chi connectivity index (χ3v) is 11.0. The molecular weight excluding hydrogens is 334 g/mol. The number of benzene rings is 2. The molecule has 1 fully saturated rings. The van der Waals surface area contributed by atoms with Gasteiger partial charge < -0.3 is 9.33 Å². The zero-order chi connectivity index (χ0) is 18.5. The quantitative estimate of drug-likeness (QED) is 0.515. The first-order valence-corrected chi connectivity index (χ1v) is 12.7. The minimum Gasteiger partial charge on any atom is -0.414 e. The van der Waals surface area contributed by atoms with E-state index in [1.165, 1.54) is 35.8 Å². The lowest BCUT2D eigenvalue weighted by Crippen LogP contribution is -2.49. The van der Waals surface area contributed by atoms with Crippen molar-refractivity contribution in [3.8, 4) is 0 Å². The molecule has 2 aromatic carbocycles. The van der Waals surface area contributed by atoms with Gasteiger partial charge >= 0.3 is 0 Å². The van der Waals surface area contributed by atoms with Crippen LogP contribution in [0.4, 0.5) is 5.69 Å². The molecule has 0 radical (unpaired) electrons. The van der Waals surface area contributed by atoms with Gasteiger partial charge in [0.2, 0.25) is 0 Å². The Morgan fingerprint density at radius 1 is 0.885 bits per heavy atom. The van der Waals surface area contributed by atoms with Crippen LogP contribution in [0, 0.1) is 0 Å². The van der Waals surface area contributed by atoms with Crippen LogP contribution < -0.4 is 4.90 Å². The Morgan fingerprint density at radius 2 is 1.46 bits per heavy atom. The summed E-state index contributed by atoms with van der Waals surface area (Å²) in [6, 6.07) is 25.5. The van der Waals surface area contributed by atoms with E-state index in [4.69, 9.17) is 4.43 Å². The van der Waals surface area contributed by atoms with E-state index in [-0.39, 0.29) is 5.54 Å². The molecule has 2 aromatic rings. The second-order valence-electron chi connectivity index (χ2n) is 7.52. The summed E-state index contributed by atoms with van der Waals surface area (Å²) in [5, 5.41) is 0. The predicted molar refractivity (Wildman–Crippen MR) is 114 cm³/mol. The second-order valence-corrected chi connectivity index (χ2v) is 12.3. The highest BCUT2D eigenvalue weighted by Gasteiger charge is 2.44. The van der Waals surface area contributed by atoms with Gasteiger partial charge in [0.25, 0.3) is 0 Å². The van der Waals surface area contributed by atoms with Crippen molar-refractivity contribution in [2.75, 3.05) is 18.1 Å². The molecule has 2 nitrogen and oxygen atoms in total. The lowest BCUT2D eigenvalue weighted by molar-refractivity contribution is 0.206. The minimum atomic E-state index is -1.62. The summed E-state index contributed by atoms with van der Waals surface area (Å²) in [5.74, 6) is 0. The number of para-hydroxylation sites is 1. The average Bonchev–Trinajstić information content (AvgIpc) is 3.16. The molecular formula is C23H33NOSi. The highest BCUT2D eigenvalue weighted by Crippen LogP contribution is 2.43. The molecule has 0 N–H and O–H groups in total. The van der Waals surface area contributed by atoms with Gasteiger partial charge in [-0.1, -0.05) is 69.3 Å². The highest BCUT2D eigenvalue weighted by atomic mass is 28.4. The molecule has 1 heterocycles. The fourth-order valence-corrected chi connectivity index (χ4v) is 7.13. The Balaban J connectivity index is 1.98. The summed E-state index contributed by atoms with van der Waals surface area (Å²) < 4.78 is 6.87. The number of hydrogen-bond acceptors (Lipinski definition) is 2. The third-order valence-electron chi connectivity index (χ3n) is 6.42. The molecule has 3 heteroatoms. The molecule has 1 aliphatic rings. The maximum atomic E-state index is 6.87. The molecule has 140 valence electrons. The second kappa shape index (κ2) is 8.41. The fraction of sp³-hybridized carbons (Fsp3) is 0.478. The summed E-state index contributed by atoms with van der Waals surface area (Å²) in [4.78, 5) is 2.60. The van der Waals surface area contributed by atoms with E-state index < -0.39 is 8.32 Å². The molecule has 0 unspecified atom stereocenters. The smallest absolute Gasteiger partial charge is 0.192 e. The van der Waals surface area contributed by atoms with Crippen LogP contribution >= 0.6 is 0 Å². The van der Waals surface area contributed by atoms with Crippen LogP contribution in [0.15, 0.2) is 60.7 Å². The van der Waals surface area contributed by atoms with Crippen molar-refractivity contribution in [3.63, 3.8) is 0 Å². The third kappa shape index (κ3) is 3.60. The van der Waals surface area contributed by atoms with Gasteiger partial charge in [-0.25, -0.2) is 0 Å². The van der Waals surface area contributed by atoms with Crippen LogP contribution in [0.25, 0.3) is 0 Å². The zero-order valence-electron chi connectivity index (χ0n) is 16.6. The fourth-order valence-electron chi connectivity index (χ4n) is 4.47. The molecule has 0 aliphatic carbocycles. The van der Waals surface area contributed by atoms with Crippen LogP contribution in [0.1, 0.15) is 39.2 Å². The Morgan fingerprint density at radius 3 is 2.04 bits per heavy atom. The maximum Gasteiger partial charge on any atom is 0.192 e. The van der Waals surface area contributed by atoms with Gasteiger partial charge in [-0.05, 0) is 48.7 Å². The molecule has 0 spiro atoms.